The van der Waals surface area contributed by atoms with E-state index in [2.05, 4.69) is 15.5 Å². The lowest BCUT2D eigenvalue weighted by Gasteiger charge is -1.99. The van der Waals surface area contributed by atoms with Crippen LogP contribution >= 0.6 is 34.3 Å². The predicted octanol–water partition coefficient (Wildman–Crippen LogP) is 3.60. The van der Waals surface area contributed by atoms with Crippen molar-refractivity contribution in [2.75, 3.05) is 6.54 Å². The van der Waals surface area contributed by atoms with Crippen LogP contribution < -0.4 is 5.32 Å². The van der Waals surface area contributed by atoms with Crippen molar-refractivity contribution >= 4 is 34.3 Å². The fourth-order valence-electron chi connectivity index (χ4n) is 1.73. The molecule has 2 heterocycles. The number of hydrogen-bond donors (Lipinski definition) is 1. The molecule has 1 N–H and O–H groups in total. The number of thiophene rings is 1. The van der Waals surface area contributed by atoms with Crippen LogP contribution in [0.25, 0.3) is 9.88 Å². The van der Waals surface area contributed by atoms with E-state index in [0.29, 0.717) is 0 Å². The van der Waals surface area contributed by atoms with Gasteiger partial charge in [-0.3, -0.25) is 0 Å². The van der Waals surface area contributed by atoms with E-state index in [1.54, 1.807) is 22.7 Å². The van der Waals surface area contributed by atoms with Gasteiger partial charge in [-0.15, -0.1) is 21.5 Å². The first-order valence-corrected chi connectivity index (χ1v) is 8.19. The van der Waals surface area contributed by atoms with Crippen molar-refractivity contribution in [2.24, 2.45) is 0 Å². The van der Waals surface area contributed by atoms with E-state index < -0.39 is 0 Å². The van der Waals surface area contributed by atoms with Gasteiger partial charge in [-0.1, -0.05) is 22.9 Å². The Labute approximate surface area is 119 Å². The minimum absolute atomic E-state index is 0.776. The van der Waals surface area contributed by atoms with Crippen molar-refractivity contribution in [1.82, 2.24) is 15.5 Å². The average Bonchev–Trinajstić information content (AvgIpc) is 2.90. The molecule has 1 aliphatic carbocycles. The molecular weight excluding hydrogens is 286 g/mol. The second kappa shape index (κ2) is 5.65. The molecule has 0 atom stereocenters. The quantitative estimate of drug-likeness (QED) is 0.828. The molecule has 0 saturated heterocycles. The summed E-state index contributed by atoms with van der Waals surface area (Å²) in [4.78, 5) is 1.04. The van der Waals surface area contributed by atoms with Crippen LogP contribution in [-0.2, 0) is 6.42 Å². The molecule has 3 rings (SSSR count). The van der Waals surface area contributed by atoms with Gasteiger partial charge in [-0.2, -0.15) is 0 Å². The fraction of sp³-hybridized carbons (Fsp3) is 0.500. The summed E-state index contributed by atoms with van der Waals surface area (Å²) in [6.07, 6.45) is 4.82. The zero-order valence-electron chi connectivity index (χ0n) is 9.86. The largest absolute Gasteiger partial charge is 0.314 e. The lowest BCUT2D eigenvalue weighted by molar-refractivity contribution is 0.643. The number of halogens is 1. The molecule has 18 heavy (non-hydrogen) atoms. The SMILES string of the molecule is Clc1ccsc1-c1nnc(CCCNC2CC2)s1. The highest BCUT2D eigenvalue weighted by Crippen LogP contribution is 2.35. The fourth-order valence-corrected chi connectivity index (χ4v) is 3.91. The summed E-state index contributed by atoms with van der Waals surface area (Å²) in [6, 6.07) is 2.70. The van der Waals surface area contributed by atoms with E-state index in [0.717, 1.165) is 45.3 Å². The minimum atomic E-state index is 0.776. The first kappa shape index (κ1) is 12.5. The molecule has 0 aliphatic heterocycles. The van der Waals surface area contributed by atoms with Crippen molar-refractivity contribution < 1.29 is 0 Å². The van der Waals surface area contributed by atoms with Crippen molar-refractivity contribution in [1.29, 1.82) is 0 Å². The lowest BCUT2D eigenvalue weighted by atomic mass is 10.3. The van der Waals surface area contributed by atoms with Gasteiger partial charge in [-0.05, 0) is 37.3 Å². The van der Waals surface area contributed by atoms with E-state index in [1.807, 2.05) is 11.4 Å². The van der Waals surface area contributed by atoms with Crippen LogP contribution in [0.1, 0.15) is 24.3 Å². The normalized spacial score (nSPS) is 15.2. The zero-order valence-corrected chi connectivity index (χ0v) is 12.2. The number of aromatic nitrogens is 2. The van der Waals surface area contributed by atoms with E-state index in [9.17, 15) is 0 Å². The Morgan fingerprint density at radius 3 is 3.00 bits per heavy atom. The summed E-state index contributed by atoms with van der Waals surface area (Å²) in [6.45, 7) is 1.08. The summed E-state index contributed by atoms with van der Waals surface area (Å²) in [5.41, 5.74) is 0. The number of nitrogens with zero attached hydrogens (tertiary/aromatic N) is 2. The highest BCUT2D eigenvalue weighted by Gasteiger charge is 2.19. The standard InChI is InChI=1S/C12H14ClN3S2/c13-9-5-7-17-11(9)12-16-15-10(18-12)2-1-6-14-8-3-4-8/h5,7-8,14H,1-4,6H2. The minimum Gasteiger partial charge on any atom is -0.314 e. The molecular formula is C12H14ClN3S2. The van der Waals surface area contributed by atoms with E-state index >= 15 is 0 Å². The van der Waals surface area contributed by atoms with E-state index in [-0.39, 0.29) is 0 Å². The Bertz CT molecular complexity index is 519. The number of aryl methyl sites for hydroxylation is 1. The Kier molecular flexibility index (Phi) is 3.94. The van der Waals surface area contributed by atoms with Gasteiger partial charge in [0.1, 0.15) is 5.01 Å². The van der Waals surface area contributed by atoms with Crippen LogP contribution in [0, 0.1) is 0 Å². The smallest absolute Gasteiger partial charge is 0.159 e. The van der Waals surface area contributed by atoms with Crippen LogP contribution in [-0.4, -0.2) is 22.8 Å². The van der Waals surface area contributed by atoms with E-state index in [4.69, 9.17) is 11.6 Å². The molecule has 96 valence electrons. The molecule has 0 radical (unpaired) electrons. The lowest BCUT2D eigenvalue weighted by Crippen LogP contribution is -2.17. The first-order valence-electron chi connectivity index (χ1n) is 6.12. The van der Waals surface area contributed by atoms with Crippen molar-refractivity contribution in [2.45, 2.75) is 31.7 Å². The molecule has 1 fully saturated rings. The summed E-state index contributed by atoms with van der Waals surface area (Å²) in [5.74, 6) is 0. The highest BCUT2D eigenvalue weighted by atomic mass is 35.5. The van der Waals surface area contributed by atoms with Crippen LogP contribution in [0.4, 0.5) is 0 Å². The van der Waals surface area contributed by atoms with Crippen molar-refractivity contribution in [3.8, 4) is 9.88 Å². The van der Waals surface area contributed by atoms with Crippen molar-refractivity contribution in [3.63, 3.8) is 0 Å². The van der Waals surface area contributed by atoms with Gasteiger partial charge in [0.2, 0.25) is 0 Å². The number of hydrogen-bond acceptors (Lipinski definition) is 5. The summed E-state index contributed by atoms with van der Waals surface area (Å²) >= 11 is 9.37. The molecule has 0 spiro atoms. The topological polar surface area (TPSA) is 37.8 Å². The maximum Gasteiger partial charge on any atom is 0.159 e. The maximum atomic E-state index is 6.09. The van der Waals surface area contributed by atoms with Gasteiger partial charge in [0.15, 0.2) is 5.01 Å². The van der Waals surface area contributed by atoms with Gasteiger partial charge in [0.05, 0.1) is 9.90 Å². The Balaban J connectivity index is 1.54. The monoisotopic (exact) mass is 299 g/mol. The molecule has 3 nitrogen and oxygen atoms in total. The predicted molar refractivity (Wildman–Crippen MR) is 77.6 cm³/mol. The van der Waals surface area contributed by atoms with Gasteiger partial charge >= 0.3 is 0 Å². The summed E-state index contributed by atoms with van der Waals surface area (Å²) in [7, 11) is 0. The Hall–Kier alpha value is -0.490. The molecule has 0 aromatic carbocycles. The van der Waals surface area contributed by atoms with Gasteiger partial charge in [0, 0.05) is 12.5 Å². The Morgan fingerprint density at radius 1 is 1.39 bits per heavy atom. The third-order valence-corrected chi connectivity index (χ3v) is 5.33. The van der Waals surface area contributed by atoms with E-state index in [1.165, 1.54) is 12.8 Å². The molecule has 0 amide bonds. The number of nitrogens with one attached hydrogen (secondary N) is 1. The van der Waals surface area contributed by atoms with Gasteiger partial charge in [-0.25, -0.2) is 0 Å². The summed E-state index contributed by atoms with van der Waals surface area (Å²) < 4.78 is 0. The average molecular weight is 300 g/mol. The first-order chi connectivity index (χ1) is 8.83. The molecule has 2 aromatic rings. The zero-order chi connectivity index (χ0) is 12.4. The second-order valence-electron chi connectivity index (χ2n) is 4.43. The Morgan fingerprint density at radius 2 is 2.28 bits per heavy atom. The van der Waals surface area contributed by atoms with Crippen molar-refractivity contribution in [3.05, 3.63) is 21.5 Å². The maximum absolute atomic E-state index is 6.09. The summed E-state index contributed by atoms with van der Waals surface area (Å²) in [5, 5.41) is 16.8. The molecule has 0 unspecified atom stereocenters. The second-order valence-corrected chi connectivity index (χ2v) is 6.82. The van der Waals surface area contributed by atoms with Gasteiger partial charge < -0.3 is 5.32 Å². The third-order valence-electron chi connectivity index (χ3n) is 2.86. The number of rotatable bonds is 6. The molecule has 6 heteroatoms. The molecule has 1 aliphatic rings. The van der Waals surface area contributed by atoms with Crippen LogP contribution in [0.15, 0.2) is 11.4 Å². The molecule has 1 saturated carbocycles. The molecule has 0 bridgehead atoms. The third kappa shape index (κ3) is 3.09. The highest BCUT2D eigenvalue weighted by molar-refractivity contribution is 7.21. The van der Waals surface area contributed by atoms with Crippen LogP contribution in [0.2, 0.25) is 5.02 Å². The van der Waals surface area contributed by atoms with Gasteiger partial charge in [0.25, 0.3) is 0 Å². The van der Waals surface area contributed by atoms with Crippen LogP contribution in [0.3, 0.4) is 0 Å². The molecule has 2 aromatic heterocycles. The van der Waals surface area contributed by atoms with Crippen LogP contribution in [0.5, 0.6) is 0 Å².